The fourth-order valence-corrected chi connectivity index (χ4v) is 3.85. The minimum atomic E-state index is -0.408. The molecule has 0 spiro atoms. The van der Waals surface area contributed by atoms with E-state index in [-0.39, 0.29) is 11.8 Å². The van der Waals surface area contributed by atoms with E-state index < -0.39 is 5.91 Å². The van der Waals surface area contributed by atoms with E-state index in [0.717, 1.165) is 5.69 Å². The van der Waals surface area contributed by atoms with Crippen molar-refractivity contribution in [2.24, 2.45) is 0 Å². The number of hydrogen-bond acceptors (Lipinski definition) is 5. The third-order valence-electron chi connectivity index (χ3n) is 4.76. The molecular formula is C25H19ClN4O3S. The van der Waals surface area contributed by atoms with Crippen molar-refractivity contribution in [3.63, 3.8) is 0 Å². The van der Waals surface area contributed by atoms with Crippen molar-refractivity contribution in [2.45, 2.75) is 6.54 Å². The zero-order valence-electron chi connectivity index (χ0n) is 17.7. The van der Waals surface area contributed by atoms with Crippen LogP contribution in [0.5, 0.6) is 0 Å². The number of aromatic nitrogens is 1. The highest BCUT2D eigenvalue weighted by Crippen LogP contribution is 2.25. The maximum Gasteiger partial charge on any atom is 0.265 e. The van der Waals surface area contributed by atoms with E-state index in [9.17, 15) is 14.4 Å². The predicted octanol–water partition coefficient (Wildman–Crippen LogP) is 5.23. The molecule has 7 nitrogen and oxygen atoms in total. The molecule has 0 radical (unpaired) electrons. The summed E-state index contributed by atoms with van der Waals surface area (Å²) in [4.78, 5) is 42.4. The Morgan fingerprint density at radius 3 is 2.44 bits per heavy atom. The summed E-state index contributed by atoms with van der Waals surface area (Å²) in [5.41, 5.74) is 2.22. The van der Waals surface area contributed by atoms with Crippen LogP contribution in [0, 0.1) is 0 Å². The molecule has 3 amide bonds. The normalized spacial score (nSPS) is 10.4. The monoisotopic (exact) mass is 490 g/mol. The minimum absolute atomic E-state index is 0.285. The van der Waals surface area contributed by atoms with Crippen LogP contribution < -0.4 is 16.0 Å². The zero-order valence-corrected chi connectivity index (χ0v) is 19.3. The maximum atomic E-state index is 12.8. The van der Waals surface area contributed by atoms with Gasteiger partial charge in [-0.2, -0.15) is 0 Å². The van der Waals surface area contributed by atoms with Gasteiger partial charge in [-0.05, 0) is 60.0 Å². The van der Waals surface area contributed by atoms with Crippen LogP contribution in [0.1, 0.15) is 36.1 Å². The topological polar surface area (TPSA) is 100 Å². The molecule has 0 saturated heterocycles. The molecule has 170 valence electrons. The van der Waals surface area contributed by atoms with Gasteiger partial charge in [0.2, 0.25) is 0 Å². The second-order valence-electron chi connectivity index (χ2n) is 7.16. The Bertz CT molecular complexity index is 1330. The molecular weight excluding hydrogens is 472 g/mol. The van der Waals surface area contributed by atoms with Gasteiger partial charge in [0.15, 0.2) is 0 Å². The standard InChI is InChI=1S/C25H19ClN4O3S/c26-20-10-9-17(14-21(20)30-25(33)22-8-4-12-34-22)24(32)29-18-7-3-5-16(13-18)23(31)28-15-19-6-1-2-11-27-19/h1-14H,15H2,(H,28,31)(H,29,32)(H,30,33). The van der Waals surface area contributed by atoms with E-state index in [1.54, 1.807) is 66.2 Å². The van der Waals surface area contributed by atoms with Gasteiger partial charge >= 0.3 is 0 Å². The number of nitrogens with one attached hydrogen (secondary N) is 3. The summed E-state index contributed by atoms with van der Waals surface area (Å²) >= 11 is 7.51. The van der Waals surface area contributed by atoms with Crippen LogP contribution in [0.3, 0.4) is 0 Å². The van der Waals surface area contributed by atoms with Crippen LogP contribution in [-0.2, 0) is 6.54 Å². The van der Waals surface area contributed by atoms with Crippen molar-refractivity contribution < 1.29 is 14.4 Å². The summed E-state index contributed by atoms with van der Waals surface area (Å²) in [6.07, 6.45) is 1.66. The number of carbonyl (C=O) groups excluding carboxylic acids is 3. The van der Waals surface area contributed by atoms with Gasteiger partial charge in [-0.25, -0.2) is 0 Å². The summed E-state index contributed by atoms with van der Waals surface area (Å²) in [6, 6.07) is 20.2. The third kappa shape index (κ3) is 5.86. The Morgan fingerprint density at radius 1 is 0.824 bits per heavy atom. The number of nitrogens with zero attached hydrogens (tertiary/aromatic N) is 1. The Labute approximate surface area is 204 Å². The molecule has 2 heterocycles. The van der Waals surface area contributed by atoms with Gasteiger partial charge in [-0.1, -0.05) is 29.8 Å². The first-order chi connectivity index (χ1) is 16.5. The highest BCUT2D eigenvalue weighted by Gasteiger charge is 2.14. The smallest absolute Gasteiger partial charge is 0.265 e. The molecule has 0 aliphatic heterocycles. The number of hydrogen-bond donors (Lipinski definition) is 3. The van der Waals surface area contributed by atoms with Gasteiger partial charge < -0.3 is 16.0 Å². The van der Waals surface area contributed by atoms with Gasteiger partial charge in [-0.15, -0.1) is 11.3 Å². The zero-order chi connectivity index (χ0) is 23.9. The number of amides is 3. The molecule has 4 rings (SSSR count). The minimum Gasteiger partial charge on any atom is -0.346 e. The summed E-state index contributed by atoms with van der Waals surface area (Å²) in [6.45, 7) is 0.293. The average Bonchev–Trinajstić information content (AvgIpc) is 3.40. The molecule has 4 aromatic rings. The molecule has 0 aliphatic rings. The fourth-order valence-electron chi connectivity index (χ4n) is 3.07. The maximum absolute atomic E-state index is 12.8. The Balaban J connectivity index is 1.42. The third-order valence-corrected chi connectivity index (χ3v) is 5.96. The average molecular weight is 491 g/mol. The number of carbonyl (C=O) groups is 3. The van der Waals surface area contributed by atoms with Crippen molar-refractivity contribution in [1.29, 1.82) is 0 Å². The molecule has 0 bridgehead atoms. The summed E-state index contributed by atoms with van der Waals surface area (Å²) < 4.78 is 0. The predicted molar refractivity (Wildman–Crippen MR) is 134 cm³/mol. The second kappa shape index (κ2) is 10.7. The highest BCUT2D eigenvalue weighted by atomic mass is 35.5. The molecule has 2 aromatic carbocycles. The van der Waals surface area contributed by atoms with Crippen LogP contribution >= 0.6 is 22.9 Å². The van der Waals surface area contributed by atoms with Gasteiger partial charge in [0.05, 0.1) is 27.8 Å². The molecule has 0 aliphatic carbocycles. The van der Waals surface area contributed by atoms with Crippen molar-refractivity contribution in [3.8, 4) is 0 Å². The van der Waals surface area contributed by atoms with E-state index in [2.05, 4.69) is 20.9 Å². The van der Waals surface area contributed by atoms with Crippen LogP contribution in [0.15, 0.2) is 84.4 Å². The number of rotatable bonds is 7. The van der Waals surface area contributed by atoms with Crippen molar-refractivity contribution in [2.75, 3.05) is 10.6 Å². The summed E-state index contributed by atoms with van der Waals surface area (Å²) in [7, 11) is 0. The summed E-state index contributed by atoms with van der Waals surface area (Å²) in [5, 5.41) is 10.4. The van der Waals surface area contributed by atoms with Crippen LogP contribution in [-0.4, -0.2) is 22.7 Å². The number of halogens is 1. The van der Waals surface area contributed by atoms with Crippen molar-refractivity contribution in [1.82, 2.24) is 10.3 Å². The van der Waals surface area contributed by atoms with E-state index in [4.69, 9.17) is 11.6 Å². The molecule has 3 N–H and O–H groups in total. The summed E-state index contributed by atoms with van der Waals surface area (Å²) in [5.74, 6) is -1.000. The lowest BCUT2D eigenvalue weighted by Gasteiger charge is -2.11. The Morgan fingerprint density at radius 2 is 1.68 bits per heavy atom. The van der Waals surface area contributed by atoms with E-state index in [1.807, 2.05) is 12.1 Å². The highest BCUT2D eigenvalue weighted by molar-refractivity contribution is 7.12. The van der Waals surface area contributed by atoms with Crippen molar-refractivity contribution >= 4 is 52.0 Å². The molecule has 0 fully saturated rings. The number of anilines is 2. The molecule has 0 atom stereocenters. The van der Waals surface area contributed by atoms with Crippen LogP contribution in [0.25, 0.3) is 0 Å². The second-order valence-corrected chi connectivity index (χ2v) is 8.52. The number of thiophene rings is 1. The van der Waals surface area contributed by atoms with E-state index in [1.165, 1.54) is 17.4 Å². The molecule has 2 aromatic heterocycles. The van der Waals surface area contributed by atoms with E-state index in [0.29, 0.717) is 38.9 Å². The Kier molecular flexibility index (Phi) is 7.31. The first-order valence-corrected chi connectivity index (χ1v) is 11.5. The molecule has 0 saturated carbocycles. The van der Waals surface area contributed by atoms with E-state index >= 15 is 0 Å². The Hall–Kier alpha value is -4.01. The van der Waals surface area contributed by atoms with Gasteiger partial charge in [0.1, 0.15) is 0 Å². The SMILES string of the molecule is O=C(NCc1ccccn1)c1cccc(NC(=O)c2ccc(Cl)c(NC(=O)c3cccs3)c2)c1. The lowest BCUT2D eigenvalue weighted by molar-refractivity contribution is 0.0948. The lowest BCUT2D eigenvalue weighted by atomic mass is 10.1. The lowest BCUT2D eigenvalue weighted by Crippen LogP contribution is -2.23. The molecule has 9 heteroatoms. The van der Waals surface area contributed by atoms with Crippen molar-refractivity contribution in [3.05, 3.63) is 111 Å². The fraction of sp³-hybridized carbons (Fsp3) is 0.0400. The van der Waals surface area contributed by atoms with Gasteiger partial charge in [0, 0.05) is 23.0 Å². The van der Waals surface area contributed by atoms with Gasteiger partial charge in [0.25, 0.3) is 17.7 Å². The number of benzene rings is 2. The first-order valence-electron chi connectivity index (χ1n) is 10.2. The largest absolute Gasteiger partial charge is 0.346 e. The number of pyridine rings is 1. The van der Waals surface area contributed by atoms with Crippen LogP contribution in [0.2, 0.25) is 5.02 Å². The quantitative estimate of drug-likeness (QED) is 0.330. The van der Waals surface area contributed by atoms with Crippen LogP contribution in [0.4, 0.5) is 11.4 Å². The first kappa shape index (κ1) is 23.2. The molecule has 34 heavy (non-hydrogen) atoms. The van der Waals surface area contributed by atoms with Gasteiger partial charge in [-0.3, -0.25) is 19.4 Å². The molecule has 0 unspecified atom stereocenters.